The van der Waals surface area contributed by atoms with Gasteiger partial charge in [0.15, 0.2) is 11.6 Å². The molecule has 1 saturated carbocycles. The lowest BCUT2D eigenvalue weighted by Gasteiger charge is -2.38. The predicted molar refractivity (Wildman–Crippen MR) is 100 cm³/mol. The summed E-state index contributed by atoms with van der Waals surface area (Å²) in [6.45, 7) is 3.18. The maximum atomic E-state index is 5.85. The van der Waals surface area contributed by atoms with E-state index in [-0.39, 0.29) is 5.79 Å². The summed E-state index contributed by atoms with van der Waals surface area (Å²) in [4.78, 5) is 11.9. The van der Waals surface area contributed by atoms with Gasteiger partial charge < -0.3 is 19.7 Å². The Balaban J connectivity index is 1.42. The third kappa shape index (κ3) is 3.27. The SMILES string of the molecule is c1ccc(-c2nc(NC3CC3)cc(N3CCC4(CC3)OCCO4)n2)cc1. The first kappa shape index (κ1) is 16.0. The van der Waals surface area contributed by atoms with Crippen molar-refractivity contribution in [2.24, 2.45) is 0 Å². The molecule has 5 rings (SSSR count). The average Bonchev–Trinajstić information content (AvgIpc) is 3.39. The summed E-state index contributed by atoms with van der Waals surface area (Å²) in [6.07, 6.45) is 4.20. The summed E-state index contributed by atoms with van der Waals surface area (Å²) < 4.78 is 11.7. The Morgan fingerprint density at radius 3 is 2.42 bits per heavy atom. The zero-order valence-corrected chi connectivity index (χ0v) is 14.9. The van der Waals surface area contributed by atoms with Gasteiger partial charge in [-0.15, -0.1) is 0 Å². The molecule has 1 spiro atoms. The van der Waals surface area contributed by atoms with E-state index in [4.69, 9.17) is 19.4 Å². The molecule has 2 saturated heterocycles. The van der Waals surface area contributed by atoms with Crippen molar-refractivity contribution in [3.8, 4) is 11.4 Å². The average molecular weight is 352 g/mol. The second-order valence-corrected chi connectivity index (χ2v) is 7.31. The zero-order chi connectivity index (χ0) is 17.4. The maximum Gasteiger partial charge on any atom is 0.171 e. The molecular formula is C20H24N4O2. The highest BCUT2D eigenvalue weighted by Crippen LogP contribution is 2.34. The molecule has 1 aliphatic carbocycles. The highest BCUT2D eigenvalue weighted by Gasteiger charge is 2.40. The van der Waals surface area contributed by atoms with Crippen molar-refractivity contribution >= 4 is 11.6 Å². The molecule has 6 nitrogen and oxygen atoms in total. The largest absolute Gasteiger partial charge is 0.367 e. The normalized spacial score (nSPS) is 21.9. The summed E-state index contributed by atoms with van der Waals surface area (Å²) in [5.41, 5.74) is 1.05. The zero-order valence-electron chi connectivity index (χ0n) is 14.9. The fourth-order valence-corrected chi connectivity index (χ4v) is 3.69. The van der Waals surface area contributed by atoms with Crippen LogP contribution in [0.15, 0.2) is 36.4 Å². The minimum atomic E-state index is -0.360. The van der Waals surface area contributed by atoms with E-state index in [1.54, 1.807) is 0 Å². The lowest BCUT2D eigenvalue weighted by molar-refractivity contribution is -0.169. The number of nitrogens with zero attached hydrogens (tertiary/aromatic N) is 3. The van der Waals surface area contributed by atoms with Gasteiger partial charge in [-0.2, -0.15) is 0 Å². The lowest BCUT2D eigenvalue weighted by Crippen LogP contribution is -2.45. The number of hydrogen-bond donors (Lipinski definition) is 1. The van der Waals surface area contributed by atoms with Crippen LogP contribution in [0.2, 0.25) is 0 Å². The Morgan fingerprint density at radius 1 is 1.00 bits per heavy atom. The van der Waals surface area contributed by atoms with Crippen LogP contribution in [-0.2, 0) is 9.47 Å². The van der Waals surface area contributed by atoms with Gasteiger partial charge >= 0.3 is 0 Å². The molecule has 6 heteroatoms. The smallest absolute Gasteiger partial charge is 0.171 e. The van der Waals surface area contributed by atoms with Crippen LogP contribution in [0.1, 0.15) is 25.7 Å². The third-order valence-corrected chi connectivity index (χ3v) is 5.34. The first-order chi connectivity index (χ1) is 12.8. The molecule has 2 aliphatic heterocycles. The molecule has 26 heavy (non-hydrogen) atoms. The number of ether oxygens (including phenoxy) is 2. The predicted octanol–water partition coefficient (Wildman–Crippen LogP) is 3.06. The lowest BCUT2D eigenvalue weighted by atomic mass is 10.0. The van der Waals surface area contributed by atoms with Crippen molar-refractivity contribution in [2.45, 2.75) is 37.5 Å². The number of anilines is 2. The highest BCUT2D eigenvalue weighted by atomic mass is 16.7. The molecular weight excluding hydrogens is 328 g/mol. The molecule has 0 amide bonds. The molecule has 0 radical (unpaired) electrons. The summed E-state index contributed by atoms with van der Waals surface area (Å²) in [5, 5.41) is 3.53. The van der Waals surface area contributed by atoms with E-state index in [1.807, 2.05) is 18.2 Å². The van der Waals surface area contributed by atoms with E-state index in [2.05, 4.69) is 28.4 Å². The van der Waals surface area contributed by atoms with Gasteiger partial charge in [-0.1, -0.05) is 30.3 Å². The molecule has 1 N–H and O–H groups in total. The van der Waals surface area contributed by atoms with Gasteiger partial charge in [-0.05, 0) is 12.8 Å². The minimum Gasteiger partial charge on any atom is -0.367 e. The van der Waals surface area contributed by atoms with Gasteiger partial charge in [-0.3, -0.25) is 0 Å². The van der Waals surface area contributed by atoms with Crippen LogP contribution >= 0.6 is 0 Å². The van der Waals surface area contributed by atoms with Crippen LogP contribution in [-0.4, -0.2) is 48.1 Å². The molecule has 1 aromatic carbocycles. The Bertz CT molecular complexity index is 763. The van der Waals surface area contributed by atoms with Crippen molar-refractivity contribution < 1.29 is 9.47 Å². The minimum absolute atomic E-state index is 0.360. The number of aromatic nitrogens is 2. The monoisotopic (exact) mass is 352 g/mol. The maximum absolute atomic E-state index is 5.85. The van der Waals surface area contributed by atoms with Gasteiger partial charge in [0.05, 0.1) is 13.2 Å². The van der Waals surface area contributed by atoms with Crippen molar-refractivity contribution in [3.63, 3.8) is 0 Å². The molecule has 0 unspecified atom stereocenters. The van der Waals surface area contributed by atoms with Gasteiger partial charge in [0.2, 0.25) is 0 Å². The van der Waals surface area contributed by atoms with Crippen LogP contribution in [0.25, 0.3) is 11.4 Å². The van der Waals surface area contributed by atoms with E-state index >= 15 is 0 Å². The summed E-state index contributed by atoms with van der Waals surface area (Å²) in [7, 11) is 0. The molecule has 0 atom stereocenters. The fourth-order valence-electron chi connectivity index (χ4n) is 3.69. The molecule has 1 aromatic heterocycles. The van der Waals surface area contributed by atoms with Crippen molar-refractivity contribution in [1.29, 1.82) is 0 Å². The number of hydrogen-bond acceptors (Lipinski definition) is 6. The number of benzene rings is 1. The fraction of sp³-hybridized carbons (Fsp3) is 0.500. The van der Waals surface area contributed by atoms with E-state index in [9.17, 15) is 0 Å². The van der Waals surface area contributed by atoms with Crippen molar-refractivity contribution in [3.05, 3.63) is 36.4 Å². The molecule has 3 aliphatic rings. The van der Waals surface area contributed by atoms with E-state index in [0.717, 1.165) is 49.0 Å². The van der Waals surface area contributed by atoms with Crippen molar-refractivity contribution in [2.75, 3.05) is 36.5 Å². The quantitative estimate of drug-likeness (QED) is 0.913. The first-order valence-electron chi connectivity index (χ1n) is 9.54. The van der Waals surface area contributed by atoms with Gasteiger partial charge in [0, 0.05) is 43.6 Å². The molecule has 3 fully saturated rings. The standard InChI is InChI=1S/C20H24N4O2/c1-2-4-15(5-3-1)19-22-17(21-16-6-7-16)14-18(23-19)24-10-8-20(9-11-24)25-12-13-26-20/h1-5,14,16H,6-13H2,(H,21,22,23). The third-order valence-electron chi connectivity index (χ3n) is 5.34. The van der Waals surface area contributed by atoms with Crippen LogP contribution < -0.4 is 10.2 Å². The van der Waals surface area contributed by atoms with E-state index in [1.165, 1.54) is 12.8 Å². The van der Waals surface area contributed by atoms with E-state index in [0.29, 0.717) is 19.3 Å². The first-order valence-corrected chi connectivity index (χ1v) is 9.54. The van der Waals surface area contributed by atoms with Crippen LogP contribution in [0.5, 0.6) is 0 Å². The van der Waals surface area contributed by atoms with Crippen molar-refractivity contribution in [1.82, 2.24) is 9.97 Å². The van der Waals surface area contributed by atoms with Gasteiger partial charge in [0.1, 0.15) is 11.6 Å². The summed E-state index contributed by atoms with van der Waals surface area (Å²) >= 11 is 0. The highest BCUT2D eigenvalue weighted by molar-refractivity contribution is 5.62. The Hall–Kier alpha value is -2.18. The topological polar surface area (TPSA) is 59.5 Å². The Morgan fingerprint density at radius 2 is 1.73 bits per heavy atom. The van der Waals surface area contributed by atoms with Gasteiger partial charge in [-0.25, -0.2) is 9.97 Å². The molecule has 136 valence electrons. The molecule has 0 bridgehead atoms. The van der Waals surface area contributed by atoms with E-state index < -0.39 is 0 Å². The van der Waals surface area contributed by atoms with Gasteiger partial charge in [0.25, 0.3) is 0 Å². The molecule has 2 aromatic rings. The number of piperidine rings is 1. The summed E-state index contributed by atoms with van der Waals surface area (Å²) in [6, 6.07) is 12.8. The number of nitrogens with one attached hydrogen (secondary N) is 1. The number of rotatable bonds is 4. The second-order valence-electron chi connectivity index (χ2n) is 7.31. The van der Waals surface area contributed by atoms with Crippen LogP contribution in [0, 0.1) is 0 Å². The van der Waals surface area contributed by atoms with Crippen LogP contribution in [0.3, 0.4) is 0 Å². The molecule has 3 heterocycles. The van der Waals surface area contributed by atoms with Crippen LogP contribution in [0.4, 0.5) is 11.6 Å². The Kier molecular flexibility index (Phi) is 4.02. The summed E-state index contributed by atoms with van der Waals surface area (Å²) in [5.74, 6) is 2.32. The Labute approximate surface area is 153 Å². The second kappa shape index (κ2) is 6.52.